The van der Waals surface area contributed by atoms with Gasteiger partial charge in [0.25, 0.3) is 0 Å². The molecule has 2 amide bonds. The predicted molar refractivity (Wildman–Crippen MR) is 152 cm³/mol. The molecule has 0 heterocycles. The lowest BCUT2D eigenvalue weighted by Crippen LogP contribution is -2.37. The van der Waals surface area contributed by atoms with Gasteiger partial charge in [0.15, 0.2) is 0 Å². The lowest BCUT2D eigenvalue weighted by Gasteiger charge is -2.31. The Morgan fingerprint density at radius 3 is 2.06 bits per heavy atom. The Bertz CT molecular complexity index is 1090. The van der Waals surface area contributed by atoms with Gasteiger partial charge >= 0.3 is 6.03 Å². The first-order chi connectivity index (χ1) is 15.8. The molecule has 4 nitrogen and oxygen atoms in total. The number of anilines is 3. The molecule has 0 aromatic heterocycles. The molecular weight excluding hydrogens is 485 g/mol. The van der Waals surface area contributed by atoms with E-state index in [0.29, 0.717) is 34.3 Å². The lowest BCUT2D eigenvalue weighted by atomic mass is 10.0. The average Bonchev–Trinajstić information content (AvgIpc) is 2.80. The van der Waals surface area contributed by atoms with Gasteiger partial charge in [-0.15, -0.1) is 0 Å². The standard InChI is InChI=1S/C27H31Cl2N3O.H2S/c1-5-18-8-14-21(15-9-18)32(17(4)19-10-12-20(28)13-11-19)27(33)31-26-22(6-2)24(29)16-25(30)23(26)7-3;/h8-17H,5-7,30H2,1-4H3,(H,31,33);1H2/t17-;/m0./s1. The number of hydrogen-bond acceptors (Lipinski definition) is 2. The molecule has 0 fully saturated rings. The van der Waals surface area contributed by atoms with Gasteiger partial charge in [-0.05, 0) is 78.8 Å². The van der Waals surface area contributed by atoms with Crippen LogP contribution in [0, 0.1) is 0 Å². The Labute approximate surface area is 219 Å². The maximum Gasteiger partial charge on any atom is 0.326 e. The number of urea groups is 1. The Hall–Kier alpha value is -2.34. The van der Waals surface area contributed by atoms with E-state index in [-0.39, 0.29) is 25.6 Å². The highest BCUT2D eigenvalue weighted by molar-refractivity contribution is 7.59. The minimum atomic E-state index is -0.243. The Morgan fingerprint density at radius 2 is 1.53 bits per heavy atom. The van der Waals surface area contributed by atoms with Gasteiger partial charge in [-0.1, -0.05) is 68.2 Å². The smallest absolute Gasteiger partial charge is 0.326 e. The van der Waals surface area contributed by atoms with Crippen molar-refractivity contribution < 1.29 is 4.79 Å². The summed E-state index contributed by atoms with van der Waals surface area (Å²) in [5.74, 6) is 0. The molecule has 0 aliphatic carbocycles. The Balaban J connectivity index is 0.00000408. The van der Waals surface area contributed by atoms with E-state index in [1.807, 2.05) is 57.2 Å². The normalized spacial score (nSPS) is 11.5. The van der Waals surface area contributed by atoms with Crippen molar-refractivity contribution in [2.24, 2.45) is 0 Å². The van der Waals surface area contributed by atoms with E-state index in [9.17, 15) is 4.79 Å². The molecule has 0 aliphatic rings. The summed E-state index contributed by atoms with van der Waals surface area (Å²) in [6.45, 7) is 8.15. The van der Waals surface area contributed by atoms with Gasteiger partial charge in [0, 0.05) is 21.4 Å². The van der Waals surface area contributed by atoms with Crippen LogP contribution in [-0.2, 0) is 19.3 Å². The van der Waals surface area contributed by atoms with Crippen molar-refractivity contribution in [2.45, 2.75) is 53.0 Å². The molecule has 34 heavy (non-hydrogen) atoms. The summed E-state index contributed by atoms with van der Waals surface area (Å²) in [6.07, 6.45) is 2.30. The van der Waals surface area contributed by atoms with E-state index in [1.165, 1.54) is 5.56 Å². The zero-order valence-corrected chi connectivity index (χ0v) is 22.6. The fourth-order valence-corrected chi connectivity index (χ4v) is 4.57. The van der Waals surface area contributed by atoms with E-state index in [1.54, 1.807) is 11.0 Å². The van der Waals surface area contributed by atoms with Gasteiger partial charge < -0.3 is 11.1 Å². The predicted octanol–water partition coefficient (Wildman–Crippen LogP) is 8.18. The molecule has 7 heteroatoms. The van der Waals surface area contributed by atoms with Gasteiger partial charge in [-0.3, -0.25) is 4.90 Å². The summed E-state index contributed by atoms with van der Waals surface area (Å²) in [7, 11) is 0. The first-order valence-electron chi connectivity index (χ1n) is 11.3. The molecule has 1 atom stereocenters. The zero-order valence-electron chi connectivity index (χ0n) is 20.1. The number of nitrogen functional groups attached to an aromatic ring is 1. The van der Waals surface area contributed by atoms with E-state index in [4.69, 9.17) is 28.9 Å². The number of carbonyl (C=O) groups is 1. The van der Waals surface area contributed by atoms with Crippen molar-refractivity contribution in [1.82, 2.24) is 0 Å². The molecule has 0 saturated heterocycles. The van der Waals surface area contributed by atoms with Crippen LogP contribution >= 0.6 is 36.7 Å². The topological polar surface area (TPSA) is 58.4 Å². The van der Waals surface area contributed by atoms with Crippen LogP contribution in [0.3, 0.4) is 0 Å². The molecular formula is C27H33Cl2N3OS. The summed E-state index contributed by atoms with van der Waals surface area (Å²) < 4.78 is 0. The molecule has 0 aliphatic heterocycles. The molecule has 0 bridgehead atoms. The highest BCUT2D eigenvalue weighted by Gasteiger charge is 2.26. The number of nitrogens with one attached hydrogen (secondary N) is 1. The number of halogens is 2. The number of nitrogens with zero attached hydrogens (tertiary/aromatic N) is 1. The molecule has 3 rings (SSSR count). The fourth-order valence-electron chi connectivity index (χ4n) is 4.10. The minimum Gasteiger partial charge on any atom is -0.398 e. The maximum absolute atomic E-state index is 13.8. The first-order valence-corrected chi connectivity index (χ1v) is 12.1. The number of aryl methyl sites for hydroxylation is 1. The van der Waals surface area contributed by atoms with E-state index in [2.05, 4.69) is 24.4 Å². The molecule has 3 aromatic carbocycles. The summed E-state index contributed by atoms with van der Waals surface area (Å²) in [4.78, 5) is 15.6. The molecule has 3 N–H and O–H groups in total. The molecule has 0 unspecified atom stereocenters. The van der Waals surface area contributed by atoms with Gasteiger partial charge in [-0.25, -0.2) is 4.79 Å². The second-order valence-corrected chi connectivity index (χ2v) is 8.88. The number of benzene rings is 3. The largest absolute Gasteiger partial charge is 0.398 e. The third kappa shape index (κ3) is 6.01. The summed E-state index contributed by atoms with van der Waals surface area (Å²) in [6, 6.07) is 16.9. The van der Waals surface area contributed by atoms with Crippen molar-refractivity contribution in [3.63, 3.8) is 0 Å². The van der Waals surface area contributed by atoms with Crippen molar-refractivity contribution in [3.8, 4) is 0 Å². The molecule has 182 valence electrons. The maximum atomic E-state index is 13.8. The van der Waals surface area contributed by atoms with Gasteiger partial charge in [-0.2, -0.15) is 13.5 Å². The van der Waals surface area contributed by atoms with Crippen molar-refractivity contribution >= 4 is 59.8 Å². The minimum absolute atomic E-state index is 0. The number of amides is 2. The molecule has 0 radical (unpaired) electrons. The first kappa shape index (κ1) is 27.9. The third-order valence-corrected chi connectivity index (χ3v) is 6.63. The van der Waals surface area contributed by atoms with Crippen LogP contribution in [0.25, 0.3) is 0 Å². The van der Waals surface area contributed by atoms with Crippen LogP contribution < -0.4 is 16.0 Å². The van der Waals surface area contributed by atoms with Crippen molar-refractivity contribution in [3.05, 3.63) is 86.9 Å². The average molecular weight is 519 g/mol. The van der Waals surface area contributed by atoms with Crippen LogP contribution in [0.15, 0.2) is 54.6 Å². The summed E-state index contributed by atoms with van der Waals surface area (Å²) in [5.41, 5.74) is 12.3. The SMILES string of the molecule is CCc1ccc(N(C(=O)Nc2c(CC)c(N)cc(Cl)c2CC)[C@@H](C)c2ccc(Cl)cc2)cc1.S. The monoisotopic (exact) mass is 517 g/mol. The second kappa shape index (κ2) is 12.4. The quantitative estimate of drug-likeness (QED) is 0.310. The highest BCUT2D eigenvalue weighted by Crippen LogP contribution is 2.36. The van der Waals surface area contributed by atoms with Crippen LogP contribution in [0.1, 0.15) is 56.0 Å². The van der Waals surface area contributed by atoms with Gasteiger partial charge in [0.2, 0.25) is 0 Å². The van der Waals surface area contributed by atoms with Crippen LogP contribution in [0.2, 0.25) is 10.0 Å². The van der Waals surface area contributed by atoms with Crippen LogP contribution in [0.5, 0.6) is 0 Å². The van der Waals surface area contributed by atoms with E-state index < -0.39 is 0 Å². The van der Waals surface area contributed by atoms with Crippen LogP contribution in [0.4, 0.5) is 21.9 Å². The second-order valence-electron chi connectivity index (χ2n) is 8.03. The van der Waals surface area contributed by atoms with Crippen molar-refractivity contribution in [1.29, 1.82) is 0 Å². The van der Waals surface area contributed by atoms with Crippen LogP contribution in [-0.4, -0.2) is 6.03 Å². The molecule has 3 aromatic rings. The number of rotatable bonds is 7. The summed E-state index contributed by atoms with van der Waals surface area (Å²) >= 11 is 12.6. The van der Waals surface area contributed by atoms with E-state index >= 15 is 0 Å². The number of hydrogen-bond donors (Lipinski definition) is 2. The highest BCUT2D eigenvalue weighted by atomic mass is 35.5. The fraction of sp³-hybridized carbons (Fsp3) is 0.296. The summed E-state index contributed by atoms with van der Waals surface area (Å²) in [5, 5.41) is 4.37. The number of nitrogens with two attached hydrogens (primary N) is 1. The zero-order chi connectivity index (χ0) is 24.1. The van der Waals surface area contributed by atoms with E-state index in [0.717, 1.165) is 28.8 Å². The Kier molecular flexibility index (Phi) is 10.2. The molecule has 0 saturated carbocycles. The van der Waals surface area contributed by atoms with Gasteiger partial charge in [0.05, 0.1) is 11.7 Å². The van der Waals surface area contributed by atoms with Crippen molar-refractivity contribution in [2.75, 3.05) is 16.0 Å². The van der Waals surface area contributed by atoms with Gasteiger partial charge in [0.1, 0.15) is 0 Å². The third-order valence-electron chi connectivity index (χ3n) is 6.04. The lowest BCUT2D eigenvalue weighted by molar-refractivity contribution is 0.255. The number of carbonyl (C=O) groups excluding carboxylic acids is 1. The Morgan fingerprint density at radius 1 is 0.941 bits per heavy atom. The molecule has 0 spiro atoms.